The lowest BCUT2D eigenvalue weighted by atomic mass is 10.1. The summed E-state index contributed by atoms with van der Waals surface area (Å²) < 4.78 is 4.52. The van der Waals surface area contributed by atoms with Crippen molar-refractivity contribution in [3.63, 3.8) is 0 Å². The molecule has 0 aliphatic heterocycles. The number of carboxylic acids is 1. The van der Waals surface area contributed by atoms with Crippen molar-refractivity contribution < 1.29 is 19.4 Å². The van der Waals surface area contributed by atoms with Gasteiger partial charge >= 0.3 is 11.9 Å². The molecule has 0 aliphatic rings. The van der Waals surface area contributed by atoms with E-state index in [-0.39, 0.29) is 11.4 Å². The van der Waals surface area contributed by atoms with Crippen molar-refractivity contribution >= 4 is 11.9 Å². The first-order valence-electron chi connectivity index (χ1n) is 4.41. The maximum Gasteiger partial charge on any atom is 0.356 e. The minimum absolute atomic E-state index is 0.0694. The summed E-state index contributed by atoms with van der Waals surface area (Å²) in [6.45, 7) is 1.85. The molecule has 0 saturated heterocycles. The highest BCUT2D eigenvalue weighted by molar-refractivity contribution is 5.91. The second-order valence-electron chi connectivity index (χ2n) is 2.85. The van der Waals surface area contributed by atoms with E-state index in [0.29, 0.717) is 12.0 Å². The topological polar surface area (TPSA) is 76.5 Å². The molecule has 0 saturated carbocycles. The summed E-state index contributed by atoms with van der Waals surface area (Å²) in [5, 5.41) is 8.71. The van der Waals surface area contributed by atoms with E-state index in [0.717, 1.165) is 0 Å². The average molecular weight is 209 g/mol. The largest absolute Gasteiger partial charge is 0.477 e. The van der Waals surface area contributed by atoms with Gasteiger partial charge in [0.25, 0.3) is 0 Å². The smallest absolute Gasteiger partial charge is 0.356 e. The predicted molar refractivity (Wildman–Crippen MR) is 51.9 cm³/mol. The molecule has 5 nitrogen and oxygen atoms in total. The highest BCUT2D eigenvalue weighted by Crippen LogP contribution is 2.10. The number of esters is 1. The van der Waals surface area contributed by atoms with Crippen LogP contribution in [0.4, 0.5) is 0 Å². The SMILES string of the molecule is CCc1ccc(C(=O)O)nc1C(=O)OC. The summed E-state index contributed by atoms with van der Waals surface area (Å²) in [4.78, 5) is 25.7. The molecule has 1 heterocycles. The van der Waals surface area contributed by atoms with E-state index in [4.69, 9.17) is 5.11 Å². The minimum Gasteiger partial charge on any atom is -0.477 e. The van der Waals surface area contributed by atoms with Gasteiger partial charge in [-0.25, -0.2) is 14.6 Å². The number of nitrogens with zero attached hydrogens (tertiary/aromatic N) is 1. The van der Waals surface area contributed by atoms with Gasteiger partial charge in [-0.15, -0.1) is 0 Å². The van der Waals surface area contributed by atoms with Crippen molar-refractivity contribution in [3.8, 4) is 0 Å². The Morgan fingerprint density at radius 3 is 2.60 bits per heavy atom. The summed E-state index contributed by atoms with van der Waals surface area (Å²) in [6.07, 6.45) is 0.595. The molecule has 0 aromatic carbocycles. The molecule has 1 N–H and O–H groups in total. The fourth-order valence-electron chi connectivity index (χ4n) is 1.17. The molecule has 0 aliphatic carbocycles. The third-order valence-corrected chi connectivity index (χ3v) is 1.96. The highest BCUT2D eigenvalue weighted by atomic mass is 16.5. The zero-order chi connectivity index (χ0) is 11.4. The van der Waals surface area contributed by atoms with Crippen LogP contribution in [0.3, 0.4) is 0 Å². The Hall–Kier alpha value is -1.91. The lowest BCUT2D eigenvalue weighted by Gasteiger charge is -2.05. The second-order valence-corrected chi connectivity index (χ2v) is 2.85. The molecule has 0 unspecified atom stereocenters. The van der Waals surface area contributed by atoms with Crippen LogP contribution in [0, 0.1) is 0 Å². The number of methoxy groups -OCH3 is 1. The van der Waals surface area contributed by atoms with Crippen LogP contribution in [-0.4, -0.2) is 29.1 Å². The fraction of sp³-hybridized carbons (Fsp3) is 0.300. The van der Waals surface area contributed by atoms with Gasteiger partial charge in [-0.3, -0.25) is 0 Å². The molecule has 5 heteroatoms. The van der Waals surface area contributed by atoms with Crippen molar-refractivity contribution in [1.29, 1.82) is 0 Å². The molecule has 1 rings (SSSR count). The van der Waals surface area contributed by atoms with E-state index in [1.807, 2.05) is 6.92 Å². The average Bonchev–Trinajstić information content (AvgIpc) is 2.27. The number of aromatic nitrogens is 1. The zero-order valence-corrected chi connectivity index (χ0v) is 8.48. The molecular weight excluding hydrogens is 198 g/mol. The predicted octanol–water partition coefficient (Wildman–Crippen LogP) is 1.13. The third-order valence-electron chi connectivity index (χ3n) is 1.96. The molecule has 15 heavy (non-hydrogen) atoms. The van der Waals surface area contributed by atoms with Gasteiger partial charge in [0.2, 0.25) is 0 Å². The Kier molecular flexibility index (Phi) is 3.38. The number of aromatic carboxylic acids is 1. The van der Waals surface area contributed by atoms with Crippen LogP contribution in [0.2, 0.25) is 0 Å². The number of rotatable bonds is 3. The first-order valence-corrected chi connectivity index (χ1v) is 4.41. The van der Waals surface area contributed by atoms with E-state index < -0.39 is 11.9 Å². The van der Waals surface area contributed by atoms with Gasteiger partial charge in [0.1, 0.15) is 5.69 Å². The van der Waals surface area contributed by atoms with Crippen LogP contribution in [0.1, 0.15) is 33.5 Å². The molecule has 0 radical (unpaired) electrons. The van der Waals surface area contributed by atoms with Gasteiger partial charge in [-0.05, 0) is 18.1 Å². The van der Waals surface area contributed by atoms with E-state index in [1.165, 1.54) is 13.2 Å². The van der Waals surface area contributed by atoms with Gasteiger partial charge in [-0.2, -0.15) is 0 Å². The number of hydrogen-bond donors (Lipinski definition) is 1. The molecule has 1 aromatic rings. The van der Waals surface area contributed by atoms with Crippen LogP contribution < -0.4 is 0 Å². The number of carboxylic acid groups (broad SMARTS) is 1. The van der Waals surface area contributed by atoms with Crippen molar-refractivity contribution in [2.45, 2.75) is 13.3 Å². The van der Waals surface area contributed by atoms with Crippen molar-refractivity contribution in [2.24, 2.45) is 0 Å². The van der Waals surface area contributed by atoms with Crippen molar-refractivity contribution in [1.82, 2.24) is 4.98 Å². The molecule has 0 fully saturated rings. The van der Waals surface area contributed by atoms with Gasteiger partial charge in [0, 0.05) is 0 Å². The molecule has 1 aromatic heterocycles. The molecule has 80 valence electrons. The first-order chi connectivity index (χ1) is 7.10. The van der Waals surface area contributed by atoms with E-state index in [2.05, 4.69) is 9.72 Å². The number of aryl methyl sites for hydroxylation is 1. The van der Waals surface area contributed by atoms with Gasteiger partial charge < -0.3 is 9.84 Å². The third kappa shape index (κ3) is 2.31. The monoisotopic (exact) mass is 209 g/mol. The van der Waals surface area contributed by atoms with E-state index in [9.17, 15) is 9.59 Å². The summed E-state index contributed by atoms with van der Waals surface area (Å²) in [7, 11) is 1.23. The molecular formula is C10H11NO4. The number of ether oxygens (including phenoxy) is 1. The number of hydrogen-bond acceptors (Lipinski definition) is 4. The van der Waals surface area contributed by atoms with E-state index >= 15 is 0 Å². The zero-order valence-electron chi connectivity index (χ0n) is 8.48. The lowest BCUT2D eigenvalue weighted by Crippen LogP contribution is -2.12. The lowest BCUT2D eigenvalue weighted by molar-refractivity contribution is 0.0592. The second kappa shape index (κ2) is 4.54. The summed E-state index contributed by atoms with van der Waals surface area (Å²) in [5.74, 6) is -1.78. The molecule has 0 bridgehead atoms. The Bertz CT molecular complexity index is 400. The van der Waals surface area contributed by atoms with Gasteiger partial charge in [-0.1, -0.05) is 13.0 Å². The molecule has 0 amide bonds. The van der Waals surface area contributed by atoms with Crippen LogP contribution >= 0.6 is 0 Å². The number of carbonyl (C=O) groups excluding carboxylic acids is 1. The quantitative estimate of drug-likeness (QED) is 0.755. The number of carbonyl (C=O) groups is 2. The maximum absolute atomic E-state index is 11.3. The normalized spacial score (nSPS) is 9.73. The van der Waals surface area contributed by atoms with Crippen LogP contribution in [0.5, 0.6) is 0 Å². The minimum atomic E-state index is -1.16. The van der Waals surface area contributed by atoms with Crippen LogP contribution in [0.25, 0.3) is 0 Å². The van der Waals surface area contributed by atoms with Crippen molar-refractivity contribution in [3.05, 3.63) is 29.1 Å². The highest BCUT2D eigenvalue weighted by Gasteiger charge is 2.15. The standard InChI is InChI=1S/C10H11NO4/c1-3-6-4-5-7(9(12)13)11-8(6)10(14)15-2/h4-5H,3H2,1-2H3,(H,12,13). The molecule has 0 spiro atoms. The maximum atomic E-state index is 11.3. The van der Waals surface area contributed by atoms with E-state index in [1.54, 1.807) is 6.07 Å². The van der Waals surface area contributed by atoms with Crippen LogP contribution in [-0.2, 0) is 11.2 Å². The Morgan fingerprint density at radius 1 is 1.47 bits per heavy atom. The molecule has 0 atom stereocenters. The van der Waals surface area contributed by atoms with Gasteiger partial charge in [0.05, 0.1) is 7.11 Å². The number of pyridine rings is 1. The Morgan fingerprint density at radius 2 is 2.13 bits per heavy atom. The van der Waals surface area contributed by atoms with Crippen molar-refractivity contribution in [2.75, 3.05) is 7.11 Å². The first kappa shape index (κ1) is 11.2. The Labute approximate surface area is 86.7 Å². The Balaban J connectivity index is 3.25. The summed E-state index contributed by atoms with van der Waals surface area (Å²) >= 11 is 0. The summed E-state index contributed by atoms with van der Waals surface area (Å²) in [6, 6.07) is 2.94. The van der Waals surface area contributed by atoms with Crippen LogP contribution in [0.15, 0.2) is 12.1 Å². The van der Waals surface area contributed by atoms with Gasteiger partial charge in [0.15, 0.2) is 5.69 Å². The fourth-order valence-corrected chi connectivity index (χ4v) is 1.17. The summed E-state index contributed by atoms with van der Waals surface area (Å²) in [5.41, 5.74) is 0.583.